The first-order chi connectivity index (χ1) is 10.2. The van der Waals surface area contributed by atoms with Crippen molar-refractivity contribution in [2.75, 3.05) is 20.2 Å². The molecule has 1 saturated heterocycles. The molecule has 1 amide bonds. The van der Waals surface area contributed by atoms with Crippen LogP contribution in [0.3, 0.4) is 0 Å². The normalized spacial score (nSPS) is 28.9. The zero-order valence-corrected chi connectivity index (χ0v) is 12.4. The lowest BCUT2D eigenvalue weighted by molar-refractivity contribution is -0.00544. The smallest absolute Gasteiger partial charge is 0.257 e. The van der Waals surface area contributed by atoms with Gasteiger partial charge in [-0.1, -0.05) is 6.42 Å². The zero-order chi connectivity index (χ0) is 14.9. The average molecular weight is 290 g/mol. The van der Waals surface area contributed by atoms with Gasteiger partial charge in [-0.05, 0) is 31.7 Å². The molecule has 1 spiro atoms. The summed E-state index contributed by atoms with van der Waals surface area (Å²) < 4.78 is 5.24. The van der Waals surface area contributed by atoms with Crippen LogP contribution in [0.1, 0.15) is 42.5 Å². The summed E-state index contributed by atoms with van der Waals surface area (Å²) in [6, 6.07) is 1.70. The molecule has 2 heterocycles. The molecule has 2 aliphatic rings. The quantitative estimate of drug-likeness (QED) is 0.903. The number of aliphatic hydroxyl groups is 1. The first kappa shape index (κ1) is 14.3. The number of hydrogen-bond acceptors (Lipinski definition) is 4. The van der Waals surface area contributed by atoms with Crippen LogP contribution < -0.4 is 4.74 Å². The first-order valence-corrected chi connectivity index (χ1v) is 7.62. The van der Waals surface area contributed by atoms with Gasteiger partial charge in [0.2, 0.25) is 0 Å². The van der Waals surface area contributed by atoms with E-state index in [0.717, 1.165) is 38.6 Å². The van der Waals surface area contributed by atoms with Crippen LogP contribution in [0.15, 0.2) is 18.5 Å². The number of carbonyl (C=O) groups excluding carboxylic acids is 1. The summed E-state index contributed by atoms with van der Waals surface area (Å²) in [4.78, 5) is 18.6. The Bertz CT molecular complexity index is 534. The van der Waals surface area contributed by atoms with E-state index in [1.54, 1.807) is 25.6 Å². The molecule has 1 aromatic heterocycles. The lowest BCUT2D eigenvalue weighted by atomic mass is 9.76. The van der Waals surface area contributed by atoms with Crippen molar-refractivity contribution in [3.63, 3.8) is 0 Å². The molecule has 114 valence electrons. The number of piperidine rings is 1. The van der Waals surface area contributed by atoms with Crippen molar-refractivity contribution in [3.8, 4) is 5.75 Å². The first-order valence-electron chi connectivity index (χ1n) is 7.62. The Labute approximate surface area is 124 Å². The van der Waals surface area contributed by atoms with E-state index in [1.807, 2.05) is 4.90 Å². The van der Waals surface area contributed by atoms with Gasteiger partial charge in [-0.2, -0.15) is 0 Å². The standard InChI is InChI=1S/C16H22N2O3/c1-21-13-10-17-8-5-12(13)15(20)18-9-3-7-16(11-18)6-2-4-14(16)19/h5,8,10,14,19H,2-4,6-7,9,11H2,1H3/t14-,16+/m1/s1. The third-order valence-corrected chi connectivity index (χ3v) is 4.99. The lowest BCUT2D eigenvalue weighted by Gasteiger charge is -2.42. The Hall–Kier alpha value is -1.62. The molecule has 1 saturated carbocycles. The van der Waals surface area contributed by atoms with Crippen molar-refractivity contribution in [2.45, 2.75) is 38.2 Å². The number of hydrogen-bond donors (Lipinski definition) is 1. The second-order valence-corrected chi connectivity index (χ2v) is 6.18. The molecule has 0 bridgehead atoms. The van der Waals surface area contributed by atoms with Gasteiger partial charge in [0.05, 0.1) is 25.0 Å². The fourth-order valence-corrected chi connectivity index (χ4v) is 3.82. The number of aliphatic hydroxyl groups excluding tert-OH is 1. The molecule has 2 atom stereocenters. The molecule has 0 aromatic carbocycles. The number of nitrogens with zero attached hydrogens (tertiary/aromatic N) is 2. The summed E-state index contributed by atoms with van der Waals surface area (Å²) in [5.74, 6) is 0.488. The molecular formula is C16H22N2O3. The maximum atomic E-state index is 12.8. The third-order valence-electron chi connectivity index (χ3n) is 4.99. The highest BCUT2D eigenvalue weighted by atomic mass is 16.5. The fourth-order valence-electron chi connectivity index (χ4n) is 3.82. The predicted octanol–water partition coefficient (Wildman–Crippen LogP) is 1.86. The average Bonchev–Trinajstić information content (AvgIpc) is 2.87. The van der Waals surface area contributed by atoms with Crippen LogP contribution in [0.2, 0.25) is 0 Å². The zero-order valence-electron chi connectivity index (χ0n) is 12.4. The number of ether oxygens (including phenoxy) is 1. The second kappa shape index (κ2) is 5.64. The van der Waals surface area contributed by atoms with Gasteiger partial charge < -0.3 is 14.7 Å². The second-order valence-electron chi connectivity index (χ2n) is 6.18. The van der Waals surface area contributed by atoms with E-state index in [0.29, 0.717) is 17.9 Å². The van der Waals surface area contributed by atoms with Crippen LogP contribution in [0, 0.1) is 5.41 Å². The molecule has 0 unspecified atom stereocenters. The molecule has 1 aliphatic heterocycles. The van der Waals surface area contributed by atoms with Gasteiger partial charge in [-0.25, -0.2) is 0 Å². The molecule has 0 radical (unpaired) electrons. The Morgan fingerprint density at radius 2 is 2.29 bits per heavy atom. The van der Waals surface area contributed by atoms with Crippen molar-refractivity contribution in [1.29, 1.82) is 0 Å². The highest BCUT2D eigenvalue weighted by molar-refractivity contribution is 5.96. The van der Waals surface area contributed by atoms with E-state index >= 15 is 0 Å². The Morgan fingerprint density at radius 3 is 3.00 bits per heavy atom. The van der Waals surface area contributed by atoms with E-state index < -0.39 is 0 Å². The van der Waals surface area contributed by atoms with Gasteiger partial charge in [-0.15, -0.1) is 0 Å². The molecule has 5 heteroatoms. The van der Waals surface area contributed by atoms with E-state index in [9.17, 15) is 9.90 Å². The monoisotopic (exact) mass is 290 g/mol. The summed E-state index contributed by atoms with van der Waals surface area (Å²) in [5.41, 5.74) is 0.464. The van der Waals surface area contributed by atoms with E-state index in [2.05, 4.69) is 4.98 Å². The van der Waals surface area contributed by atoms with Gasteiger partial charge in [-0.3, -0.25) is 9.78 Å². The number of amides is 1. The highest BCUT2D eigenvalue weighted by Crippen LogP contribution is 2.45. The topological polar surface area (TPSA) is 62.7 Å². The fraction of sp³-hybridized carbons (Fsp3) is 0.625. The molecule has 1 N–H and O–H groups in total. The minimum absolute atomic E-state index is 0.0209. The van der Waals surface area contributed by atoms with Crippen molar-refractivity contribution < 1.29 is 14.6 Å². The van der Waals surface area contributed by atoms with E-state index in [-0.39, 0.29) is 17.4 Å². The highest BCUT2D eigenvalue weighted by Gasteiger charge is 2.45. The van der Waals surface area contributed by atoms with Gasteiger partial charge in [0.15, 0.2) is 0 Å². The van der Waals surface area contributed by atoms with E-state index in [1.165, 1.54) is 0 Å². The molecule has 5 nitrogen and oxygen atoms in total. The van der Waals surface area contributed by atoms with Crippen molar-refractivity contribution in [1.82, 2.24) is 9.88 Å². The van der Waals surface area contributed by atoms with Gasteiger partial charge >= 0.3 is 0 Å². The largest absolute Gasteiger partial charge is 0.494 e. The van der Waals surface area contributed by atoms with Gasteiger partial charge in [0.25, 0.3) is 5.91 Å². The lowest BCUT2D eigenvalue weighted by Crippen LogP contribution is -2.49. The summed E-state index contributed by atoms with van der Waals surface area (Å²) >= 11 is 0. The molecular weight excluding hydrogens is 268 g/mol. The Kier molecular flexibility index (Phi) is 3.85. The minimum atomic E-state index is -0.271. The number of carbonyl (C=O) groups is 1. The van der Waals surface area contributed by atoms with Crippen LogP contribution in [0.25, 0.3) is 0 Å². The summed E-state index contributed by atoms with van der Waals surface area (Å²) in [6.45, 7) is 1.40. The summed E-state index contributed by atoms with van der Waals surface area (Å²) in [5, 5.41) is 10.3. The van der Waals surface area contributed by atoms with Crippen molar-refractivity contribution >= 4 is 5.91 Å². The van der Waals surface area contributed by atoms with Crippen LogP contribution in [-0.4, -0.2) is 47.2 Å². The van der Waals surface area contributed by atoms with Crippen LogP contribution in [-0.2, 0) is 0 Å². The van der Waals surface area contributed by atoms with Crippen molar-refractivity contribution in [2.24, 2.45) is 5.41 Å². The number of aromatic nitrogens is 1. The number of rotatable bonds is 2. The molecule has 3 rings (SSSR count). The van der Waals surface area contributed by atoms with Crippen LogP contribution in [0.4, 0.5) is 0 Å². The van der Waals surface area contributed by atoms with E-state index in [4.69, 9.17) is 4.74 Å². The van der Waals surface area contributed by atoms with Gasteiger partial charge in [0.1, 0.15) is 5.75 Å². The Morgan fingerprint density at radius 1 is 1.48 bits per heavy atom. The molecule has 2 fully saturated rings. The number of likely N-dealkylation sites (tertiary alicyclic amines) is 1. The molecule has 1 aromatic rings. The predicted molar refractivity (Wildman–Crippen MR) is 78.2 cm³/mol. The maximum absolute atomic E-state index is 12.8. The maximum Gasteiger partial charge on any atom is 0.257 e. The number of methoxy groups -OCH3 is 1. The molecule has 1 aliphatic carbocycles. The third kappa shape index (κ3) is 2.50. The van der Waals surface area contributed by atoms with Crippen LogP contribution in [0.5, 0.6) is 5.75 Å². The Balaban J connectivity index is 1.81. The summed E-state index contributed by atoms with van der Waals surface area (Å²) in [7, 11) is 1.55. The van der Waals surface area contributed by atoms with Gasteiger partial charge in [0, 0.05) is 24.7 Å². The molecule has 21 heavy (non-hydrogen) atoms. The summed E-state index contributed by atoms with van der Waals surface area (Å²) in [6.07, 6.45) is 7.82. The van der Waals surface area contributed by atoms with Crippen LogP contribution >= 0.6 is 0 Å². The van der Waals surface area contributed by atoms with Crippen molar-refractivity contribution in [3.05, 3.63) is 24.0 Å². The minimum Gasteiger partial charge on any atom is -0.494 e. The number of pyridine rings is 1. The SMILES string of the molecule is COc1cnccc1C(=O)N1CCC[C@@]2(CCC[C@H]2O)C1.